The fraction of sp³-hybridized carbons (Fsp3) is 0.429. The van der Waals surface area contributed by atoms with Crippen LogP contribution >= 0.6 is 11.3 Å². The van der Waals surface area contributed by atoms with Crippen molar-refractivity contribution in [2.24, 2.45) is 0 Å². The molecule has 0 bridgehead atoms. The summed E-state index contributed by atoms with van der Waals surface area (Å²) in [6.07, 6.45) is 0. The summed E-state index contributed by atoms with van der Waals surface area (Å²) in [5, 5.41) is 5.71. The lowest BCUT2D eigenvalue weighted by Gasteiger charge is -2.20. The molecule has 3 rings (SSSR count). The minimum Gasteiger partial charge on any atom is -0.377 e. The van der Waals surface area contributed by atoms with Gasteiger partial charge in [0.25, 0.3) is 5.56 Å². The van der Waals surface area contributed by atoms with Gasteiger partial charge in [0, 0.05) is 7.11 Å². The van der Waals surface area contributed by atoms with E-state index in [9.17, 15) is 4.79 Å². The molecule has 0 spiro atoms. The predicted molar refractivity (Wildman–Crippen MR) is 85.1 cm³/mol. The van der Waals surface area contributed by atoms with E-state index < -0.39 is 0 Å². The predicted octanol–water partition coefficient (Wildman–Crippen LogP) is 1.71. The molecule has 0 amide bonds. The lowest BCUT2D eigenvalue weighted by molar-refractivity contribution is 0.173. The van der Waals surface area contributed by atoms with E-state index in [2.05, 4.69) is 20.1 Å². The molecule has 3 aromatic rings. The number of thiophene rings is 1. The third kappa shape index (κ3) is 3.31. The van der Waals surface area contributed by atoms with Crippen LogP contribution in [0.4, 0.5) is 0 Å². The molecule has 1 N–H and O–H groups in total. The van der Waals surface area contributed by atoms with E-state index in [1.807, 2.05) is 30.3 Å². The number of hydrogen-bond acceptors (Lipinski definition) is 8. The summed E-state index contributed by atoms with van der Waals surface area (Å²) in [5.74, 6) is 1.61. The summed E-state index contributed by atoms with van der Waals surface area (Å²) in [5.41, 5.74) is 0.608. The molecule has 9 heteroatoms. The van der Waals surface area contributed by atoms with Gasteiger partial charge in [-0.3, -0.25) is 9.69 Å². The highest BCUT2D eigenvalue weighted by Gasteiger charge is 2.20. The van der Waals surface area contributed by atoms with Crippen LogP contribution in [0.2, 0.25) is 0 Å². The minimum absolute atomic E-state index is 0.110. The first-order valence-electron chi connectivity index (χ1n) is 7.06. The molecule has 0 saturated heterocycles. The van der Waals surface area contributed by atoms with E-state index >= 15 is 0 Å². The zero-order valence-electron chi connectivity index (χ0n) is 13.1. The minimum atomic E-state index is -0.114. The fourth-order valence-electron chi connectivity index (χ4n) is 2.18. The van der Waals surface area contributed by atoms with Crippen molar-refractivity contribution in [2.75, 3.05) is 14.2 Å². The van der Waals surface area contributed by atoms with Crippen LogP contribution in [0.15, 0.2) is 20.8 Å². The Balaban J connectivity index is 1.76. The van der Waals surface area contributed by atoms with Gasteiger partial charge >= 0.3 is 0 Å². The normalized spacial score (nSPS) is 13.0. The van der Waals surface area contributed by atoms with Crippen LogP contribution < -0.4 is 5.56 Å². The van der Waals surface area contributed by atoms with Gasteiger partial charge in [-0.05, 0) is 25.4 Å². The lowest BCUT2D eigenvalue weighted by atomic mass is 10.3. The molecular weight excluding hydrogens is 318 g/mol. The second-order valence-corrected chi connectivity index (χ2v) is 6.14. The number of fused-ring (bicyclic) bond motifs is 1. The Kier molecular flexibility index (Phi) is 4.51. The Labute approximate surface area is 136 Å². The average molecular weight is 335 g/mol. The monoisotopic (exact) mass is 335 g/mol. The molecule has 3 heterocycles. The molecule has 23 heavy (non-hydrogen) atoms. The molecule has 0 radical (unpaired) electrons. The second kappa shape index (κ2) is 6.57. The van der Waals surface area contributed by atoms with E-state index in [1.165, 1.54) is 11.3 Å². The first kappa shape index (κ1) is 15.8. The molecule has 122 valence electrons. The third-order valence-electron chi connectivity index (χ3n) is 3.54. The molecule has 0 aliphatic heterocycles. The molecule has 8 nitrogen and oxygen atoms in total. The number of rotatable bonds is 6. The number of nitrogens with zero attached hydrogens (tertiary/aromatic N) is 4. The molecule has 0 fully saturated rings. The quantitative estimate of drug-likeness (QED) is 0.732. The summed E-state index contributed by atoms with van der Waals surface area (Å²) in [6, 6.07) is 1.73. The first-order chi connectivity index (χ1) is 11.1. The maximum absolute atomic E-state index is 12.0. The summed E-state index contributed by atoms with van der Waals surface area (Å²) >= 11 is 1.39. The van der Waals surface area contributed by atoms with Crippen molar-refractivity contribution in [3.8, 4) is 0 Å². The molecule has 3 aromatic heterocycles. The van der Waals surface area contributed by atoms with Crippen LogP contribution in [-0.2, 0) is 17.9 Å². The Morgan fingerprint density at radius 3 is 3.09 bits per heavy atom. The number of H-pyrrole nitrogens is 1. The number of ether oxygens (including phenoxy) is 1. The van der Waals surface area contributed by atoms with E-state index in [0.29, 0.717) is 35.4 Å². The molecule has 0 aromatic carbocycles. The van der Waals surface area contributed by atoms with Crippen LogP contribution in [0.5, 0.6) is 0 Å². The summed E-state index contributed by atoms with van der Waals surface area (Å²) < 4.78 is 10.9. The summed E-state index contributed by atoms with van der Waals surface area (Å²) in [7, 11) is 3.48. The van der Waals surface area contributed by atoms with E-state index in [1.54, 1.807) is 7.11 Å². The van der Waals surface area contributed by atoms with Gasteiger partial charge in [0.05, 0.1) is 18.1 Å². The van der Waals surface area contributed by atoms with E-state index in [0.717, 1.165) is 5.52 Å². The zero-order chi connectivity index (χ0) is 16.4. The highest BCUT2D eigenvalue weighted by molar-refractivity contribution is 7.17. The van der Waals surface area contributed by atoms with Gasteiger partial charge in [-0.15, -0.1) is 11.3 Å². The zero-order valence-corrected chi connectivity index (χ0v) is 13.9. The van der Waals surface area contributed by atoms with Crippen LogP contribution in [0.3, 0.4) is 0 Å². The molecule has 1 atom stereocenters. The Bertz CT molecular complexity index is 855. The first-order valence-corrected chi connectivity index (χ1v) is 7.94. The molecule has 0 aliphatic rings. The molecule has 0 unspecified atom stereocenters. The molecule has 0 aliphatic carbocycles. The Hall–Kier alpha value is -2.10. The number of methoxy groups -OCH3 is 1. The average Bonchev–Trinajstić information content (AvgIpc) is 3.16. The van der Waals surface area contributed by atoms with Crippen molar-refractivity contribution in [3.05, 3.63) is 39.3 Å². The number of aromatic amines is 1. The van der Waals surface area contributed by atoms with E-state index in [4.69, 9.17) is 9.26 Å². The maximum Gasteiger partial charge on any atom is 0.268 e. The van der Waals surface area contributed by atoms with Crippen molar-refractivity contribution in [1.29, 1.82) is 0 Å². The van der Waals surface area contributed by atoms with Crippen LogP contribution in [0.25, 0.3) is 10.2 Å². The maximum atomic E-state index is 12.0. The highest BCUT2D eigenvalue weighted by Crippen LogP contribution is 2.19. The van der Waals surface area contributed by atoms with Crippen LogP contribution in [-0.4, -0.2) is 39.2 Å². The molecule has 0 saturated carbocycles. The lowest BCUT2D eigenvalue weighted by Crippen LogP contribution is -2.25. The smallest absolute Gasteiger partial charge is 0.268 e. The van der Waals surface area contributed by atoms with Gasteiger partial charge in [0.2, 0.25) is 5.89 Å². The van der Waals surface area contributed by atoms with Crippen molar-refractivity contribution in [3.63, 3.8) is 0 Å². The van der Waals surface area contributed by atoms with Gasteiger partial charge in [-0.1, -0.05) is 5.16 Å². The largest absolute Gasteiger partial charge is 0.377 e. The fourth-order valence-corrected chi connectivity index (χ4v) is 2.91. The second-order valence-electron chi connectivity index (χ2n) is 5.22. The number of hydrogen-bond donors (Lipinski definition) is 1. The SMILES string of the molecule is COCc1noc([C@H](C)N(C)Cc2nc3ccsc3c(=O)[nH]2)n1. The van der Waals surface area contributed by atoms with Gasteiger partial charge in [0.1, 0.15) is 17.1 Å². The van der Waals surface area contributed by atoms with Gasteiger partial charge in [0.15, 0.2) is 5.82 Å². The van der Waals surface area contributed by atoms with E-state index in [-0.39, 0.29) is 11.6 Å². The van der Waals surface area contributed by atoms with Crippen LogP contribution in [0, 0.1) is 0 Å². The van der Waals surface area contributed by atoms with Gasteiger partial charge in [-0.2, -0.15) is 4.98 Å². The third-order valence-corrected chi connectivity index (χ3v) is 4.44. The van der Waals surface area contributed by atoms with Crippen molar-refractivity contribution < 1.29 is 9.26 Å². The number of aromatic nitrogens is 4. The van der Waals surface area contributed by atoms with Crippen molar-refractivity contribution in [2.45, 2.75) is 26.1 Å². The highest BCUT2D eigenvalue weighted by atomic mass is 32.1. The van der Waals surface area contributed by atoms with Gasteiger partial charge < -0.3 is 14.2 Å². The topological polar surface area (TPSA) is 97.1 Å². The number of nitrogens with one attached hydrogen (secondary N) is 1. The molecular formula is C14H17N5O3S. The Morgan fingerprint density at radius 2 is 2.30 bits per heavy atom. The standard InChI is InChI=1S/C14H17N5O3S/c1-8(14-17-11(7-21-3)18-22-14)19(2)6-10-15-9-4-5-23-12(9)13(20)16-10/h4-5,8H,6-7H2,1-3H3,(H,15,16,20)/t8-/m0/s1. The van der Waals surface area contributed by atoms with Crippen LogP contribution in [0.1, 0.15) is 30.5 Å². The summed E-state index contributed by atoms with van der Waals surface area (Å²) in [6.45, 7) is 2.72. The van der Waals surface area contributed by atoms with Crippen molar-refractivity contribution >= 4 is 21.6 Å². The Morgan fingerprint density at radius 1 is 1.48 bits per heavy atom. The van der Waals surface area contributed by atoms with Gasteiger partial charge in [-0.25, -0.2) is 4.98 Å². The van der Waals surface area contributed by atoms with Crippen molar-refractivity contribution in [1.82, 2.24) is 25.0 Å². The summed E-state index contributed by atoms with van der Waals surface area (Å²) in [4.78, 5) is 25.5.